The Kier molecular flexibility index (Phi) is 4.15. The Morgan fingerprint density at radius 1 is 1.16 bits per heavy atom. The molecule has 5 nitrogen and oxygen atoms in total. The van der Waals surface area contributed by atoms with Gasteiger partial charge in [0.15, 0.2) is 5.82 Å². The first kappa shape index (κ1) is 16.1. The van der Waals surface area contributed by atoms with Crippen LogP contribution in [0.4, 0.5) is 5.82 Å². The van der Waals surface area contributed by atoms with Crippen LogP contribution < -0.4 is 4.90 Å². The van der Waals surface area contributed by atoms with E-state index in [2.05, 4.69) is 4.90 Å². The van der Waals surface area contributed by atoms with Gasteiger partial charge in [-0.3, -0.25) is 4.79 Å². The lowest BCUT2D eigenvalue weighted by atomic mass is 9.84. The van der Waals surface area contributed by atoms with Gasteiger partial charge in [0.1, 0.15) is 5.82 Å². The Labute approximate surface area is 148 Å². The molecule has 5 heteroatoms. The maximum atomic E-state index is 12.6. The number of carbonyl (C=O) groups excluding carboxylic acids is 1. The molecule has 1 amide bonds. The van der Waals surface area contributed by atoms with Gasteiger partial charge in [0.25, 0.3) is 0 Å². The van der Waals surface area contributed by atoms with E-state index in [-0.39, 0.29) is 5.92 Å². The van der Waals surface area contributed by atoms with E-state index in [1.54, 1.807) is 0 Å². The summed E-state index contributed by atoms with van der Waals surface area (Å²) < 4.78 is 0. The predicted molar refractivity (Wildman–Crippen MR) is 98.3 cm³/mol. The van der Waals surface area contributed by atoms with E-state index in [1.807, 2.05) is 49.3 Å². The fraction of sp³-hybridized carbons (Fsp3) is 0.450. The molecule has 1 aromatic heterocycles. The minimum atomic E-state index is 0.241. The van der Waals surface area contributed by atoms with Crippen molar-refractivity contribution in [3.8, 4) is 11.4 Å². The van der Waals surface area contributed by atoms with Gasteiger partial charge in [0, 0.05) is 37.7 Å². The van der Waals surface area contributed by atoms with Gasteiger partial charge in [0.2, 0.25) is 5.91 Å². The monoisotopic (exact) mass is 336 g/mol. The van der Waals surface area contributed by atoms with Crippen molar-refractivity contribution in [1.29, 1.82) is 0 Å². The topological polar surface area (TPSA) is 49.3 Å². The minimum Gasteiger partial charge on any atom is -0.362 e. The Morgan fingerprint density at radius 2 is 1.92 bits per heavy atom. The summed E-state index contributed by atoms with van der Waals surface area (Å²) in [6.07, 6.45) is 4.11. The van der Waals surface area contributed by atoms with Gasteiger partial charge in [-0.2, -0.15) is 0 Å². The van der Waals surface area contributed by atoms with Crippen LogP contribution in [-0.4, -0.2) is 41.4 Å². The number of rotatable bonds is 3. The summed E-state index contributed by atoms with van der Waals surface area (Å²) in [5.74, 6) is 2.26. The molecule has 2 heterocycles. The lowest BCUT2D eigenvalue weighted by molar-refractivity contribution is -0.139. The molecule has 0 bridgehead atoms. The van der Waals surface area contributed by atoms with Crippen molar-refractivity contribution >= 4 is 11.7 Å². The second kappa shape index (κ2) is 6.47. The summed E-state index contributed by atoms with van der Waals surface area (Å²) >= 11 is 0. The Hall–Kier alpha value is -2.43. The van der Waals surface area contributed by atoms with E-state index >= 15 is 0 Å². The molecule has 1 fully saturated rings. The fourth-order valence-corrected chi connectivity index (χ4v) is 3.60. The van der Waals surface area contributed by atoms with E-state index in [1.165, 1.54) is 12.0 Å². The normalized spacial score (nSPS) is 17.0. The highest BCUT2D eigenvalue weighted by molar-refractivity contribution is 5.80. The summed E-state index contributed by atoms with van der Waals surface area (Å²) in [4.78, 5) is 26.3. The van der Waals surface area contributed by atoms with Gasteiger partial charge < -0.3 is 9.80 Å². The van der Waals surface area contributed by atoms with Crippen LogP contribution in [0.15, 0.2) is 30.3 Å². The van der Waals surface area contributed by atoms with Crippen LogP contribution in [-0.2, 0) is 17.8 Å². The SMILES string of the molecule is CN(C)c1nc(-c2ccccc2)nc2c1CCN(C(=O)C1CCC1)C2. The largest absolute Gasteiger partial charge is 0.362 e. The van der Waals surface area contributed by atoms with Crippen molar-refractivity contribution in [3.05, 3.63) is 41.6 Å². The van der Waals surface area contributed by atoms with Crippen LogP contribution in [0.25, 0.3) is 11.4 Å². The average Bonchev–Trinajstić information content (AvgIpc) is 2.59. The van der Waals surface area contributed by atoms with Gasteiger partial charge in [-0.25, -0.2) is 9.97 Å². The van der Waals surface area contributed by atoms with Crippen LogP contribution in [0, 0.1) is 5.92 Å². The molecule has 130 valence electrons. The summed E-state index contributed by atoms with van der Waals surface area (Å²) in [6.45, 7) is 1.38. The third-order valence-electron chi connectivity index (χ3n) is 5.26. The van der Waals surface area contributed by atoms with Gasteiger partial charge in [-0.05, 0) is 19.3 Å². The van der Waals surface area contributed by atoms with Crippen molar-refractivity contribution in [2.75, 3.05) is 25.5 Å². The molecular formula is C20H24N4O. The van der Waals surface area contributed by atoms with Crippen LogP contribution in [0.3, 0.4) is 0 Å². The third-order valence-corrected chi connectivity index (χ3v) is 5.26. The van der Waals surface area contributed by atoms with Gasteiger partial charge >= 0.3 is 0 Å². The first-order valence-electron chi connectivity index (χ1n) is 9.05. The van der Waals surface area contributed by atoms with Crippen molar-refractivity contribution in [2.45, 2.75) is 32.2 Å². The molecule has 2 aromatic rings. The number of fused-ring (bicyclic) bond motifs is 1. The molecule has 1 aliphatic heterocycles. The highest BCUT2D eigenvalue weighted by Gasteiger charge is 2.32. The van der Waals surface area contributed by atoms with Crippen LogP contribution in [0.1, 0.15) is 30.5 Å². The molecule has 0 atom stereocenters. The Morgan fingerprint density at radius 3 is 2.56 bits per heavy atom. The molecule has 4 rings (SSSR count). The number of carbonyl (C=O) groups is 1. The number of anilines is 1. The molecule has 1 aromatic carbocycles. The molecule has 1 aliphatic carbocycles. The Balaban J connectivity index is 1.70. The second-order valence-corrected chi connectivity index (χ2v) is 7.19. The fourth-order valence-electron chi connectivity index (χ4n) is 3.60. The molecule has 25 heavy (non-hydrogen) atoms. The average molecular weight is 336 g/mol. The van der Waals surface area contributed by atoms with Crippen LogP contribution in [0.2, 0.25) is 0 Å². The van der Waals surface area contributed by atoms with Gasteiger partial charge in [-0.15, -0.1) is 0 Å². The van der Waals surface area contributed by atoms with Crippen LogP contribution >= 0.6 is 0 Å². The number of amides is 1. The van der Waals surface area contributed by atoms with Crippen molar-refractivity contribution in [2.24, 2.45) is 5.92 Å². The van der Waals surface area contributed by atoms with Gasteiger partial charge in [-0.1, -0.05) is 36.8 Å². The number of aromatic nitrogens is 2. The molecule has 0 spiro atoms. The third kappa shape index (κ3) is 2.99. The molecule has 2 aliphatic rings. The van der Waals surface area contributed by atoms with Crippen LogP contribution in [0.5, 0.6) is 0 Å². The summed E-state index contributed by atoms with van der Waals surface area (Å²) in [5, 5.41) is 0. The number of hydrogen-bond acceptors (Lipinski definition) is 4. The van der Waals surface area contributed by atoms with E-state index < -0.39 is 0 Å². The zero-order chi connectivity index (χ0) is 17.4. The molecule has 0 radical (unpaired) electrons. The van der Waals surface area contributed by atoms with E-state index in [0.717, 1.165) is 48.7 Å². The van der Waals surface area contributed by atoms with E-state index in [9.17, 15) is 4.79 Å². The molecular weight excluding hydrogens is 312 g/mol. The maximum Gasteiger partial charge on any atom is 0.226 e. The molecule has 0 saturated heterocycles. The van der Waals surface area contributed by atoms with E-state index in [0.29, 0.717) is 12.5 Å². The van der Waals surface area contributed by atoms with E-state index in [4.69, 9.17) is 9.97 Å². The molecule has 0 N–H and O–H groups in total. The zero-order valence-electron chi connectivity index (χ0n) is 14.9. The van der Waals surface area contributed by atoms with Crippen molar-refractivity contribution < 1.29 is 4.79 Å². The standard InChI is InChI=1S/C20H24N4O/c1-23(2)19-16-11-12-24(20(25)15-9-6-10-15)13-17(16)21-18(22-19)14-7-4-3-5-8-14/h3-5,7-8,15H,6,9-13H2,1-2H3. The highest BCUT2D eigenvalue weighted by atomic mass is 16.2. The first-order valence-corrected chi connectivity index (χ1v) is 9.05. The molecule has 1 saturated carbocycles. The minimum absolute atomic E-state index is 0.241. The number of hydrogen-bond donors (Lipinski definition) is 0. The van der Waals surface area contributed by atoms with Crippen molar-refractivity contribution in [3.63, 3.8) is 0 Å². The first-order chi connectivity index (χ1) is 12.1. The maximum absolute atomic E-state index is 12.6. The highest BCUT2D eigenvalue weighted by Crippen LogP contribution is 2.32. The summed E-state index contributed by atoms with van der Waals surface area (Å²) in [6, 6.07) is 10.1. The summed E-state index contributed by atoms with van der Waals surface area (Å²) in [5.41, 5.74) is 3.19. The smallest absolute Gasteiger partial charge is 0.226 e. The zero-order valence-corrected chi connectivity index (χ0v) is 14.9. The summed E-state index contributed by atoms with van der Waals surface area (Å²) in [7, 11) is 4.03. The van der Waals surface area contributed by atoms with Gasteiger partial charge in [0.05, 0.1) is 12.2 Å². The second-order valence-electron chi connectivity index (χ2n) is 7.19. The molecule has 0 unspecified atom stereocenters. The predicted octanol–water partition coefficient (Wildman–Crippen LogP) is 2.89. The van der Waals surface area contributed by atoms with Crippen molar-refractivity contribution in [1.82, 2.24) is 14.9 Å². The Bertz CT molecular complexity index is 784. The number of nitrogens with zero attached hydrogens (tertiary/aromatic N) is 4. The lowest BCUT2D eigenvalue weighted by Gasteiger charge is -2.35. The lowest BCUT2D eigenvalue weighted by Crippen LogP contribution is -2.42. The number of benzene rings is 1. The quantitative estimate of drug-likeness (QED) is 0.865.